The fourth-order valence-corrected chi connectivity index (χ4v) is 0.850. The molecule has 12 heavy (non-hydrogen) atoms. The van der Waals surface area contributed by atoms with E-state index in [1.165, 1.54) is 0 Å². The Bertz CT molecular complexity index is 456. The van der Waals surface area contributed by atoms with E-state index in [2.05, 4.69) is 20.9 Å². The molecule has 0 saturated heterocycles. The van der Waals surface area contributed by atoms with E-state index in [1.807, 2.05) is 0 Å². The van der Waals surface area contributed by atoms with Crippen molar-refractivity contribution in [1.29, 1.82) is 0 Å². The monoisotopic (exact) mass is 244 g/mol. The highest BCUT2D eigenvalue weighted by molar-refractivity contribution is 9.10. The molecule has 1 nitrogen and oxygen atoms in total. The molecule has 1 aromatic heterocycles. The van der Waals surface area contributed by atoms with Crippen molar-refractivity contribution in [1.82, 2.24) is 4.98 Å². The Kier molecular flexibility index (Phi) is 1.17. The van der Waals surface area contributed by atoms with Gasteiger partial charge in [0, 0.05) is 14.8 Å². The summed E-state index contributed by atoms with van der Waals surface area (Å²) in [6.07, 6.45) is -5.84. The van der Waals surface area contributed by atoms with Crippen molar-refractivity contribution in [3.05, 3.63) is 27.9 Å². The normalized spacial score (nSPS) is 18.8. The predicted molar refractivity (Wildman–Crippen MR) is 41.7 cm³/mol. The van der Waals surface area contributed by atoms with Crippen molar-refractivity contribution in [2.45, 2.75) is 13.0 Å². The Labute approximate surface area is 82.8 Å². The lowest BCUT2D eigenvalue weighted by Crippen LogP contribution is -2.09. The topological polar surface area (TPSA) is 12.9 Å². The summed E-state index contributed by atoms with van der Waals surface area (Å²) in [6, 6.07) is -0.891. The molecule has 0 aromatic carbocycles. The van der Waals surface area contributed by atoms with Crippen molar-refractivity contribution in [3.8, 4) is 0 Å². The summed E-state index contributed by atoms with van der Waals surface area (Å²) in [5.74, 6) is 0. The van der Waals surface area contributed by atoms with Crippen LogP contribution in [-0.4, -0.2) is 4.98 Å². The largest absolute Gasteiger partial charge is 0.433 e. The van der Waals surface area contributed by atoms with Gasteiger partial charge in [-0.05, 0) is 34.4 Å². The highest BCUT2D eigenvalue weighted by Gasteiger charge is 2.34. The zero-order valence-electron chi connectivity index (χ0n) is 10.5. The fraction of sp³-hybridized carbons (Fsp3) is 0.286. The minimum Gasteiger partial charge on any atom is -0.250 e. The molecule has 1 heterocycles. The standard InChI is InChI=1S/C7H5BrF3N/c1-4-2-5(8)3-12-6(4)7(9,10)11/h2-3H,1H3/i1D3,2D,3D. The SMILES string of the molecule is [2H]c1nc(C(F)(F)F)c(C([2H])([2H])[2H])c([2H])c1Br. The molecule has 1 aromatic rings. The molecule has 1 rings (SSSR count). The van der Waals surface area contributed by atoms with Crippen LogP contribution < -0.4 is 0 Å². The number of rotatable bonds is 0. The van der Waals surface area contributed by atoms with Crippen molar-refractivity contribution in [3.63, 3.8) is 0 Å². The van der Waals surface area contributed by atoms with Gasteiger partial charge in [0.25, 0.3) is 0 Å². The van der Waals surface area contributed by atoms with Crippen LogP contribution in [0.25, 0.3) is 0 Å². The quantitative estimate of drug-likeness (QED) is 0.684. The van der Waals surface area contributed by atoms with Crippen LogP contribution >= 0.6 is 15.9 Å². The molecule has 0 spiro atoms. The highest BCUT2D eigenvalue weighted by atomic mass is 79.9. The van der Waals surface area contributed by atoms with Gasteiger partial charge >= 0.3 is 6.18 Å². The van der Waals surface area contributed by atoms with Crippen LogP contribution in [0.1, 0.15) is 18.1 Å². The smallest absolute Gasteiger partial charge is 0.250 e. The number of halogens is 4. The van der Waals surface area contributed by atoms with Gasteiger partial charge in [-0.25, -0.2) is 0 Å². The van der Waals surface area contributed by atoms with E-state index >= 15 is 0 Å². The molecule has 0 amide bonds. The molecular weight excluding hydrogens is 235 g/mol. The van der Waals surface area contributed by atoms with E-state index in [1.54, 1.807) is 0 Å². The molecule has 0 bridgehead atoms. The molecular formula is C7H5BrF3N. The fourth-order valence-electron chi connectivity index (χ4n) is 0.563. The van der Waals surface area contributed by atoms with Gasteiger partial charge < -0.3 is 0 Å². The maximum atomic E-state index is 12.6. The van der Waals surface area contributed by atoms with Gasteiger partial charge in [0.15, 0.2) is 0 Å². The van der Waals surface area contributed by atoms with Crippen LogP contribution in [0, 0.1) is 6.85 Å². The Balaban J connectivity index is 3.71. The molecule has 0 aliphatic carbocycles. The number of pyridine rings is 1. The third-order valence-electron chi connectivity index (χ3n) is 1.01. The number of alkyl halides is 3. The Hall–Kier alpha value is -0.580. The molecule has 0 fully saturated rings. The van der Waals surface area contributed by atoms with Gasteiger partial charge in [0.05, 0.1) is 2.74 Å². The van der Waals surface area contributed by atoms with Gasteiger partial charge in [-0.15, -0.1) is 0 Å². The zero-order valence-corrected chi connectivity index (χ0v) is 7.05. The van der Waals surface area contributed by atoms with E-state index < -0.39 is 36.5 Å². The van der Waals surface area contributed by atoms with Crippen molar-refractivity contribution in [2.75, 3.05) is 0 Å². The molecule has 0 saturated carbocycles. The Morgan fingerprint density at radius 1 is 1.67 bits per heavy atom. The summed E-state index contributed by atoms with van der Waals surface area (Å²) in [7, 11) is 0. The number of nitrogens with zero attached hydrogens (tertiary/aromatic N) is 1. The summed E-state index contributed by atoms with van der Waals surface area (Å²) >= 11 is 2.67. The lowest BCUT2D eigenvalue weighted by molar-refractivity contribution is -0.141. The summed E-state index contributed by atoms with van der Waals surface area (Å²) in [6.45, 7) is -3.12. The van der Waals surface area contributed by atoms with Gasteiger partial charge in [0.2, 0.25) is 0 Å². The maximum Gasteiger partial charge on any atom is 0.433 e. The second-order valence-electron chi connectivity index (χ2n) is 1.88. The number of aromatic nitrogens is 1. The third-order valence-corrected chi connectivity index (χ3v) is 1.38. The molecule has 0 N–H and O–H groups in total. The van der Waals surface area contributed by atoms with Gasteiger partial charge in [0.1, 0.15) is 5.69 Å². The first-order chi connectivity index (χ1) is 7.46. The zero-order chi connectivity index (χ0) is 13.6. The van der Waals surface area contributed by atoms with Gasteiger partial charge in [-0.1, -0.05) is 0 Å². The molecule has 0 atom stereocenters. The second-order valence-corrected chi connectivity index (χ2v) is 2.68. The van der Waals surface area contributed by atoms with Gasteiger partial charge in [-0.3, -0.25) is 4.98 Å². The lowest BCUT2D eigenvalue weighted by atomic mass is 10.2. The minimum atomic E-state index is -5.02. The van der Waals surface area contributed by atoms with E-state index in [0.717, 1.165) is 0 Å². The minimum absolute atomic E-state index is 0.378. The summed E-state index contributed by atoms with van der Waals surface area (Å²) in [5, 5.41) is 0. The number of hydrogen-bond donors (Lipinski definition) is 0. The van der Waals surface area contributed by atoms with E-state index in [-0.39, 0.29) is 4.47 Å². The second kappa shape index (κ2) is 3.05. The van der Waals surface area contributed by atoms with Crippen molar-refractivity contribution < 1.29 is 20.0 Å². The van der Waals surface area contributed by atoms with E-state index in [9.17, 15) is 13.2 Å². The Morgan fingerprint density at radius 2 is 2.33 bits per heavy atom. The average Bonchev–Trinajstić information content (AvgIpc) is 2.09. The first-order valence-electron chi connectivity index (χ1n) is 5.20. The lowest BCUT2D eigenvalue weighted by Gasteiger charge is -2.07. The Morgan fingerprint density at radius 3 is 2.83 bits per heavy atom. The third kappa shape index (κ3) is 1.97. The number of hydrogen-bond acceptors (Lipinski definition) is 1. The average molecular weight is 245 g/mol. The maximum absolute atomic E-state index is 12.6. The van der Waals surface area contributed by atoms with Gasteiger partial charge in [-0.2, -0.15) is 13.2 Å². The molecule has 0 aliphatic rings. The van der Waals surface area contributed by atoms with Crippen molar-refractivity contribution in [2.24, 2.45) is 0 Å². The van der Waals surface area contributed by atoms with Crippen LogP contribution in [-0.2, 0) is 6.18 Å². The predicted octanol–water partition coefficient (Wildman–Crippen LogP) is 3.17. The molecule has 66 valence electrons. The van der Waals surface area contributed by atoms with Crippen molar-refractivity contribution >= 4 is 15.9 Å². The van der Waals surface area contributed by atoms with E-state index in [0.29, 0.717) is 0 Å². The van der Waals surface area contributed by atoms with Crippen LogP contribution in [0.15, 0.2) is 16.7 Å². The van der Waals surface area contributed by atoms with Crippen LogP contribution in [0.5, 0.6) is 0 Å². The van der Waals surface area contributed by atoms with Crippen LogP contribution in [0.4, 0.5) is 13.2 Å². The van der Waals surface area contributed by atoms with Crippen LogP contribution in [0.3, 0.4) is 0 Å². The molecule has 5 heteroatoms. The first kappa shape index (κ1) is 4.60. The molecule has 0 unspecified atom stereocenters. The summed E-state index contributed by atoms with van der Waals surface area (Å²) in [4.78, 5) is 2.89. The molecule has 0 aliphatic heterocycles. The highest BCUT2D eigenvalue weighted by Crippen LogP contribution is 2.30. The summed E-state index contributed by atoms with van der Waals surface area (Å²) in [5.41, 5.74) is -2.91. The first-order valence-corrected chi connectivity index (χ1v) is 3.50. The summed E-state index contributed by atoms with van der Waals surface area (Å²) < 4.78 is 72.8. The van der Waals surface area contributed by atoms with E-state index in [4.69, 9.17) is 6.85 Å². The van der Waals surface area contributed by atoms with Crippen LogP contribution in [0.2, 0.25) is 0 Å². The molecule has 0 radical (unpaired) electrons.